The largest absolute Gasteiger partial charge is 0.493 e. The van der Waals surface area contributed by atoms with Crippen LogP contribution in [-0.2, 0) is 11.2 Å². The topological polar surface area (TPSA) is 60.5 Å². The Morgan fingerprint density at radius 2 is 2.04 bits per heavy atom. The average molecular weight is 425 g/mol. The van der Waals surface area contributed by atoms with Crippen molar-refractivity contribution in [1.29, 1.82) is 0 Å². The normalized spacial score (nSPS) is 10.8. The molecule has 0 aliphatic carbocycles. The van der Waals surface area contributed by atoms with Gasteiger partial charge in [-0.15, -0.1) is 11.3 Å². The average Bonchev–Trinajstić information content (AvgIpc) is 3.10. The highest BCUT2D eigenvalue weighted by Crippen LogP contribution is 2.32. The molecule has 0 bridgehead atoms. The van der Waals surface area contributed by atoms with E-state index in [4.69, 9.17) is 16.3 Å². The molecule has 0 atom stereocenters. The monoisotopic (exact) mass is 424 g/mol. The van der Waals surface area contributed by atoms with Crippen LogP contribution in [0.25, 0.3) is 10.6 Å². The van der Waals surface area contributed by atoms with Crippen LogP contribution in [0.2, 0.25) is 5.02 Å². The molecule has 9 heteroatoms. The molecule has 0 saturated carbocycles. The van der Waals surface area contributed by atoms with Gasteiger partial charge in [0.1, 0.15) is 5.01 Å². The minimum absolute atomic E-state index is 0.0258. The number of amides is 1. The van der Waals surface area contributed by atoms with Crippen molar-refractivity contribution in [3.05, 3.63) is 58.6 Å². The summed E-state index contributed by atoms with van der Waals surface area (Å²) >= 11 is 7.55. The van der Waals surface area contributed by atoms with Gasteiger partial charge in [0.15, 0.2) is 11.5 Å². The molecule has 0 spiro atoms. The Labute approximate surface area is 168 Å². The number of hydrogen-bond donors (Lipinski definition) is 1. The summed E-state index contributed by atoms with van der Waals surface area (Å²) in [5.74, 6) is -0.365. The van der Waals surface area contributed by atoms with Crippen LogP contribution in [-0.4, -0.2) is 24.6 Å². The molecule has 28 heavy (non-hydrogen) atoms. The molecule has 1 N–H and O–H groups in total. The highest BCUT2D eigenvalue weighted by Gasteiger charge is 2.14. The van der Waals surface area contributed by atoms with Crippen LogP contribution in [0.4, 0.5) is 14.5 Å². The number of hydrogen-bond acceptors (Lipinski definition) is 5. The Hall–Kier alpha value is -2.71. The maximum atomic E-state index is 12.5. The number of aromatic nitrogens is 1. The maximum absolute atomic E-state index is 12.5. The summed E-state index contributed by atoms with van der Waals surface area (Å²) in [6, 6.07) is 11.6. The first-order chi connectivity index (χ1) is 13.5. The van der Waals surface area contributed by atoms with E-state index in [-0.39, 0.29) is 23.8 Å². The maximum Gasteiger partial charge on any atom is 0.387 e. The van der Waals surface area contributed by atoms with Gasteiger partial charge in [-0.05, 0) is 18.2 Å². The number of thiazole rings is 1. The van der Waals surface area contributed by atoms with E-state index in [0.717, 1.165) is 5.56 Å². The summed E-state index contributed by atoms with van der Waals surface area (Å²) in [6.07, 6.45) is 0.0258. The number of nitrogens with one attached hydrogen (secondary N) is 1. The number of ether oxygens (including phenoxy) is 2. The predicted molar refractivity (Wildman–Crippen MR) is 105 cm³/mol. The van der Waals surface area contributed by atoms with E-state index in [1.54, 1.807) is 11.4 Å². The van der Waals surface area contributed by atoms with E-state index in [9.17, 15) is 13.6 Å². The number of carbonyl (C=O) groups is 1. The molecule has 146 valence electrons. The molecule has 1 heterocycles. The summed E-state index contributed by atoms with van der Waals surface area (Å²) in [4.78, 5) is 16.7. The fourth-order valence-corrected chi connectivity index (χ4v) is 3.60. The number of benzene rings is 2. The van der Waals surface area contributed by atoms with Gasteiger partial charge in [0.05, 0.1) is 24.2 Å². The van der Waals surface area contributed by atoms with Gasteiger partial charge in [-0.2, -0.15) is 8.78 Å². The minimum Gasteiger partial charge on any atom is -0.493 e. The Balaban J connectivity index is 1.69. The van der Waals surface area contributed by atoms with Crippen molar-refractivity contribution in [3.63, 3.8) is 0 Å². The van der Waals surface area contributed by atoms with Crippen molar-refractivity contribution in [2.75, 3.05) is 12.4 Å². The van der Waals surface area contributed by atoms with Crippen molar-refractivity contribution in [2.45, 2.75) is 13.0 Å². The van der Waals surface area contributed by atoms with Gasteiger partial charge in [0.25, 0.3) is 0 Å². The molecule has 0 saturated heterocycles. The van der Waals surface area contributed by atoms with E-state index in [0.29, 0.717) is 21.4 Å². The van der Waals surface area contributed by atoms with Crippen molar-refractivity contribution in [2.24, 2.45) is 0 Å². The smallest absolute Gasteiger partial charge is 0.387 e. The highest BCUT2D eigenvalue weighted by molar-refractivity contribution is 7.13. The third kappa shape index (κ3) is 4.96. The molecule has 2 aromatic carbocycles. The Bertz CT molecular complexity index is 981. The fourth-order valence-electron chi connectivity index (χ4n) is 2.46. The van der Waals surface area contributed by atoms with Crippen LogP contribution in [0.15, 0.2) is 47.8 Å². The number of nitrogens with zero attached hydrogens (tertiary/aromatic N) is 1. The lowest BCUT2D eigenvalue weighted by Gasteiger charge is -2.12. The second-order valence-electron chi connectivity index (χ2n) is 5.59. The van der Waals surface area contributed by atoms with E-state index < -0.39 is 6.61 Å². The lowest BCUT2D eigenvalue weighted by Crippen LogP contribution is -2.15. The molecule has 0 fully saturated rings. The van der Waals surface area contributed by atoms with Gasteiger partial charge in [-0.1, -0.05) is 29.8 Å². The Kier molecular flexibility index (Phi) is 6.43. The minimum atomic E-state index is -3.00. The zero-order chi connectivity index (χ0) is 20.1. The summed E-state index contributed by atoms with van der Waals surface area (Å²) in [7, 11) is 1.34. The summed E-state index contributed by atoms with van der Waals surface area (Å²) < 4.78 is 34.4. The third-order valence-corrected chi connectivity index (χ3v) is 4.92. The van der Waals surface area contributed by atoms with Gasteiger partial charge in [-0.25, -0.2) is 4.98 Å². The van der Waals surface area contributed by atoms with E-state index in [1.165, 1.54) is 36.6 Å². The number of anilines is 1. The van der Waals surface area contributed by atoms with E-state index in [2.05, 4.69) is 15.0 Å². The molecule has 3 rings (SSSR count). The van der Waals surface area contributed by atoms with Crippen LogP contribution in [0.5, 0.6) is 11.5 Å². The van der Waals surface area contributed by atoms with Gasteiger partial charge >= 0.3 is 6.61 Å². The number of alkyl halides is 2. The molecule has 5 nitrogen and oxygen atoms in total. The first-order valence-electron chi connectivity index (χ1n) is 8.08. The predicted octanol–water partition coefficient (Wildman–Crippen LogP) is 5.25. The first kappa shape index (κ1) is 20.0. The summed E-state index contributed by atoms with van der Waals surface area (Å²) in [5.41, 5.74) is 1.68. The zero-order valence-electron chi connectivity index (χ0n) is 14.6. The van der Waals surface area contributed by atoms with Crippen LogP contribution in [0, 0.1) is 0 Å². The lowest BCUT2D eigenvalue weighted by molar-refractivity contribution is -0.115. The lowest BCUT2D eigenvalue weighted by atomic mass is 10.2. The molecule has 0 aliphatic heterocycles. The first-order valence-corrected chi connectivity index (χ1v) is 9.34. The molecule has 1 aromatic heterocycles. The second kappa shape index (κ2) is 8.99. The van der Waals surface area contributed by atoms with Crippen molar-refractivity contribution in [1.82, 2.24) is 4.98 Å². The second-order valence-corrected chi connectivity index (χ2v) is 6.86. The Morgan fingerprint density at radius 1 is 1.25 bits per heavy atom. The Morgan fingerprint density at radius 3 is 2.75 bits per heavy atom. The van der Waals surface area contributed by atoms with Crippen molar-refractivity contribution < 1.29 is 23.0 Å². The molecule has 0 radical (unpaired) electrons. The summed E-state index contributed by atoms with van der Waals surface area (Å²) in [6.45, 7) is -3.00. The van der Waals surface area contributed by atoms with Crippen LogP contribution < -0.4 is 14.8 Å². The van der Waals surface area contributed by atoms with E-state index in [1.807, 2.05) is 18.2 Å². The number of carbonyl (C=O) groups excluding carboxylic acids is 1. The third-order valence-electron chi connectivity index (χ3n) is 3.66. The van der Waals surface area contributed by atoms with Crippen LogP contribution in [0.3, 0.4) is 0 Å². The molecule has 0 aliphatic rings. The highest BCUT2D eigenvalue weighted by atomic mass is 35.5. The van der Waals surface area contributed by atoms with Crippen LogP contribution >= 0.6 is 22.9 Å². The van der Waals surface area contributed by atoms with Gasteiger partial charge in [0, 0.05) is 22.7 Å². The molecular formula is C19H15ClF2N2O3S. The van der Waals surface area contributed by atoms with Crippen molar-refractivity contribution in [3.8, 4) is 22.1 Å². The molecule has 3 aromatic rings. The molecule has 0 unspecified atom stereocenters. The number of methoxy groups -OCH3 is 1. The standard InChI is InChI=1S/C19H15ClF2N2O3S/c1-26-15-7-6-11(8-16(15)27-19(21)22)23-17(25)9-12-10-28-18(24-12)13-4-2-3-5-14(13)20/h2-8,10,19H,9H2,1H3,(H,23,25). The fraction of sp³-hybridized carbons (Fsp3) is 0.158. The quantitative estimate of drug-likeness (QED) is 0.562. The SMILES string of the molecule is COc1ccc(NC(=O)Cc2csc(-c3ccccc3Cl)n2)cc1OC(F)F. The molecular weight excluding hydrogens is 410 g/mol. The zero-order valence-corrected chi connectivity index (χ0v) is 16.2. The molecule has 1 amide bonds. The number of halogens is 3. The van der Waals surface area contributed by atoms with Gasteiger partial charge < -0.3 is 14.8 Å². The van der Waals surface area contributed by atoms with E-state index >= 15 is 0 Å². The summed E-state index contributed by atoms with van der Waals surface area (Å²) in [5, 5.41) is 5.70. The van der Waals surface area contributed by atoms with Gasteiger partial charge in [0.2, 0.25) is 5.91 Å². The van der Waals surface area contributed by atoms with Crippen LogP contribution in [0.1, 0.15) is 5.69 Å². The van der Waals surface area contributed by atoms with Crippen molar-refractivity contribution >= 4 is 34.5 Å². The van der Waals surface area contributed by atoms with Gasteiger partial charge in [-0.3, -0.25) is 4.79 Å². The number of rotatable bonds is 7.